The monoisotopic (exact) mass is 454 g/mol. The molecule has 3 aromatic carbocycles. The first-order chi connectivity index (χ1) is 15.1. The maximum absolute atomic E-state index is 6.52. The second-order valence-corrected chi connectivity index (χ2v) is 8.25. The van der Waals surface area contributed by atoms with E-state index in [9.17, 15) is 0 Å². The number of rotatable bonds is 4. The Morgan fingerprint density at radius 2 is 1.74 bits per heavy atom. The minimum absolute atomic E-state index is 0.0479. The lowest BCUT2D eigenvalue weighted by Crippen LogP contribution is -2.33. The van der Waals surface area contributed by atoms with Crippen molar-refractivity contribution >= 4 is 28.9 Å². The molecular formula is C24H20Cl2N2O3. The molecule has 7 heteroatoms. The summed E-state index contributed by atoms with van der Waals surface area (Å²) < 4.78 is 17.2. The summed E-state index contributed by atoms with van der Waals surface area (Å²) in [4.78, 5) is 0. The Morgan fingerprint density at radius 1 is 0.968 bits per heavy atom. The van der Waals surface area contributed by atoms with E-state index in [1.807, 2.05) is 59.6 Å². The molecule has 0 N–H and O–H groups in total. The normalized spacial score (nSPS) is 19.2. The number of ether oxygens (including phenoxy) is 3. The van der Waals surface area contributed by atoms with Crippen molar-refractivity contribution in [1.82, 2.24) is 5.01 Å². The van der Waals surface area contributed by atoms with Gasteiger partial charge in [-0.3, -0.25) is 0 Å². The summed E-state index contributed by atoms with van der Waals surface area (Å²) in [6, 6.07) is 19.4. The van der Waals surface area contributed by atoms with Crippen LogP contribution in [0.1, 0.15) is 35.4 Å². The number of hydrogen-bond donors (Lipinski definition) is 0. The zero-order valence-corrected chi connectivity index (χ0v) is 18.5. The van der Waals surface area contributed by atoms with Crippen LogP contribution >= 0.6 is 23.2 Å². The summed E-state index contributed by atoms with van der Waals surface area (Å²) in [6.07, 6.45) is 0.293. The van der Waals surface area contributed by atoms with Crippen molar-refractivity contribution in [3.63, 3.8) is 0 Å². The molecular weight excluding hydrogens is 435 g/mol. The summed E-state index contributed by atoms with van der Waals surface area (Å²) in [7, 11) is 3.25. The van der Waals surface area contributed by atoms with Crippen LogP contribution in [0.25, 0.3) is 0 Å². The summed E-state index contributed by atoms with van der Waals surface area (Å²) in [6.45, 7) is 0. The molecule has 0 aromatic heterocycles. The molecule has 2 aliphatic rings. The Labute approximate surface area is 190 Å². The summed E-state index contributed by atoms with van der Waals surface area (Å²) >= 11 is 12.8. The fourth-order valence-electron chi connectivity index (χ4n) is 4.14. The van der Waals surface area contributed by atoms with Crippen molar-refractivity contribution in [3.05, 3.63) is 87.4 Å². The summed E-state index contributed by atoms with van der Waals surface area (Å²) in [5.41, 5.74) is 3.83. The Morgan fingerprint density at radius 3 is 2.48 bits per heavy atom. The van der Waals surface area contributed by atoms with Crippen LogP contribution in [0.15, 0.2) is 65.8 Å². The Hall–Kier alpha value is -2.89. The minimum Gasteiger partial charge on any atom is -0.493 e. The number of nitrogens with zero attached hydrogens (tertiary/aromatic N) is 2. The van der Waals surface area contributed by atoms with Gasteiger partial charge in [0, 0.05) is 28.1 Å². The first-order valence-corrected chi connectivity index (χ1v) is 10.6. The topological polar surface area (TPSA) is 43.3 Å². The van der Waals surface area contributed by atoms with E-state index in [1.54, 1.807) is 20.3 Å². The molecule has 0 saturated heterocycles. The molecule has 0 radical (unpaired) electrons. The van der Waals surface area contributed by atoms with Gasteiger partial charge in [0.25, 0.3) is 0 Å². The van der Waals surface area contributed by atoms with Crippen molar-refractivity contribution in [2.24, 2.45) is 5.10 Å². The largest absolute Gasteiger partial charge is 0.493 e. The van der Waals surface area contributed by atoms with Crippen molar-refractivity contribution in [3.8, 4) is 17.2 Å². The molecule has 158 valence electrons. The van der Waals surface area contributed by atoms with Crippen LogP contribution in [0.3, 0.4) is 0 Å². The van der Waals surface area contributed by atoms with Crippen LogP contribution < -0.4 is 14.2 Å². The number of benzene rings is 3. The average Bonchev–Trinajstić information content (AvgIpc) is 3.24. The van der Waals surface area contributed by atoms with Gasteiger partial charge in [-0.25, -0.2) is 5.01 Å². The van der Waals surface area contributed by atoms with Gasteiger partial charge in [-0.2, -0.15) is 5.10 Å². The van der Waals surface area contributed by atoms with Crippen molar-refractivity contribution in [2.45, 2.75) is 18.7 Å². The van der Waals surface area contributed by atoms with E-state index >= 15 is 0 Å². The third-order valence-electron chi connectivity index (χ3n) is 5.61. The van der Waals surface area contributed by atoms with Gasteiger partial charge in [-0.15, -0.1) is 0 Å². The lowest BCUT2D eigenvalue weighted by Gasteiger charge is -2.38. The average molecular weight is 455 g/mol. The van der Waals surface area contributed by atoms with Gasteiger partial charge >= 0.3 is 0 Å². The highest BCUT2D eigenvalue weighted by Crippen LogP contribution is 2.51. The Bertz CT molecular complexity index is 1170. The highest BCUT2D eigenvalue weighted by atomic mass is 35.5. The van der Waals surface area contributed by atoms with Gasteiger partial charge in [-0.1, -0.05) is 53.5 Å². The lowest BCUT2D eigenvalue weighted by molar-refractivity contribution is -0.0189. The van der Waals surface area contributed by atoms with E-state index < -0.39 is 6.23 Å². The van der Waals surface area contributed by atoms with Crippen LogP contribution in [0.5, 0.6) is 17.2 Å². The van der Waals surface area contributed by atoms with E-state index in [2.05, 4.69) is 0 Å². The lowest BCUT2D eigenvalue weighted by atomic mass is 9.95. The second-order valence-electron chi connectivity index (χ2n) is 7.40. The predicted octanol–water partition coefficient (Wildman–Crippen LogP) is 6.25. The Kier molecular flexibility index (Phi) is 5.16. The maximum atomic E-state index is 6.52. The van der Waals surface area contributed by atoms with Crippen molar-refractivity contribution in [2.75, 3.05) is 14.2 Å². The van der Waals surface area contributed by atoms with Crippen molar-refractivity contribution < 1.29 is 14.2 Å². The van der Waals surface area contributed by atoms with E-state index in [-0.39, 0.29) is 6.04 Å². The zero-order chi connectivity index (χ0) is 21.5. The first-order valence-electron chi connectivity index (χ1n) is 9.88. The van der Waals surface area contributed by atoms with Crippen LogP contribution in [-0.4, -0.2) is 24.9 Å². The molecule has 0 spiro atoms. The van der Waals surface area contributed by atoms with Crippen LogP contribution in [0.4, 0.5) is 0 Å². The van der Waals surface area contributed by atoms with Gasteiger partial charge in [0.05, 0.1) is 31.0 Å². The van der Waals surface area contributed by atoms with Gasteiger partial charge in [0.2, 0.25) is 6.23 Å². The third-order valence-corrected chi connectivity index (χ3v) is 6.11. The molecule has 0 bridgehead atoms. The third kappa shape index (κ3) is 3.48. The highest BCUT2D eigenvalue weighted by molar-refractivity contribution is 6.35. The number of hydrogen-bond acceptors (Lipinski definition) is 5. The quantitative estimate of drug-likeness (QED) is 0.466. The SMILES string of the molecule is COc1ccc(C2=NN3[C@@H](c4ccccc4)Oc4c(Cl)cc(Cl)cc4[C@@H]3C2)cc1OC. The molecule has 5 nitrogen and oxygen atoms in total. The molecule has 2 atom stereocenters. The number of fused-ring (bicyclic) bond motifs is 3. The fraction of sp³-hybridized carbons (Fsp3) is 0.208. The highest BCUT2D eigenvalue weighted by Gasteiger charge is 2.42. The number of halogens is 2. The van der Waals surface area contributed by atoms with Gasteiger partial charge in [0.15, 0.2) is 11.5 Å². The van der Waals surface area contributed by atoms with Gasteiger partial charge in [0.1, 0.15) is 5.75 Å². The van der Waals surface area contributed by atoms with Crippen LogP contribution in [-0.2, 0) is 0 Å². The smallest absolute Gasteiger partial charge is 0.213 e. The number of methoxy groups -OCH3 is 2. The second kappa shape index (κ2) is 7.98. The Balaban J connectivity index is 1.61. The number of hydrazone groups is 1. The predicted molar refractivity (Wildman–Crippen MR) is 122 cm³/mol. The van der Waals surface area contributed by atoms with Crippen LogP contribution in [0.2, 0.25) is 10.0 Å². The van der Waals surface area contributed by atoms with Crippen molar-refractivity contribution in [1.29, 1.82) is 0 Å². The van der Waals surface area contributed by atoms with E-state index in [1.165, 1.54) is 0 Å². The van der Waals surface area contributed by atoms with Gasteiger partial charge < -0.3 is 14.2 Å². The molecule has 5 rings (SSSR count). The van der Waals surface area contributed by atoms with E-state index in [4.69, 9.17) is 42.5 Å². The zero-order valence-electron chi connectivity index (χ0n) is 17.0. The maximum Gasteiger partial charge on any atom is 0.213 e. The molecule has 0 fully saturated rings. The molecule has 0 unspecified atom stereocenters. The molecule has 3 aromatic rings. The standard InChI is InChI=1S/C24H20Cl2N2O3/c1-29-21-9-8-15(10-22(21)30-2)19-13-20-17-11-16(25)12-18(26)23(17)31-24(28(20)27-19)14-6-4-3-5-7-14/h3-12,20,24H,13H2,1-2H3/t20-,24+/m0/s1. The molecule has 0 saturated carbocycles. The molecule has 0 aliphatic carbocycles. The minimum atomic E-state index is -0.394. The summed E-state index contributed by atoms with van der Waals surface area (Å²) in [5.74, 6) is 2.00. The molecule has 2 heterocycles. The van der Waals surface area contributed by atoms with E-state index in [0.717, 1.165) is 22.4 Å². The first kappa shape index (κ1) is 20.0. The molecule has 0 amide bonds. The molecule has 2 aliphatic heterocycles. The summed E-state index contributed by atoms with van der Waals surface area (Å²) in [5, 5.41) is 8.04. The van der Waals surface area contributed by atoms with Gasteiger partial charge in [-0.05, 0) is 30.3 Å². The fourth-order valence-corrected chi connectivity index (χ4v) is 4.70. The van der Waals surface area contributed by atoms with Crippen LogP contribution in [0, 0.1) is 0 Å². The van der Waals surface area contributed by atoms with E-state index in [0.29, 0.717) is 33.7 Å². The molecule has 31 heavy (non-hydrogen) atoms.